The summed E-state index contributed by atoms with van der Waals surface area (Å²) in [4.78, 5) is 0. The molecule has 0 N–H and O–H groups in total. The molecule has 0 nitrogen and oxygen atoms in total. The van der Waals surface area contributed by atoms with Crippen LogP contribution in [0.3, 0.4) is 0 Å². The van der Waals surface area contributed by atoms with Crippen LogP contribution in [0.2, 0.25) is 0 Å². The number of rotatable bonds is 1. The first kappa shape index (κ1) is 14.0. The van der Waals surface area contributed by atoms with E-state index in [1.54, 1.807) is 0 Å². The van der Waals surface area contributed by atoms with Gasteiger partial charge in [0.05, 0.1) is 0 Å². The predicted octanol–water partition coefficient (Wildman–Crippen LogP) is 5.13. The van der Waals surface area contributed by atoms with Gasteiger partial charge in [0.2, 0.25) is 0 Å². The maximum Gasteiger partial charge on any atom is -0.0249 e. The molecular weight excluding hydrogens is 168 g/mol. The molecule has 1 aliphatic rings. The lowest BCUT2D eigenvalue weighted by Crippen LogP contribution is -2.37. The van der Waals surface area contributed by atoms with Crippen molar-refractivity contribution in [3.63, 3.8) is 0 Å². The van der Waals surface area contributed by atoms with Crippen LogP contribution in [0.1, 0.15) is 68.2 Å². The monoisotopic (exact) mass is 198 g/mol. The second-order valence-corrected chi connectivity index (χ2v) is 5.73. The van der Waals surface area contributed by atoms with E-state index >= 15 is 0 Å². The molecule has 1 unspecified atom stereocenters. The molecule has 0 aromatic heterocycles. The average molecular weight is 198 g/mol. The minimum atomic E-state index is 0.529. The molecule has 86 valence electrons. The highest BCUT2D eigenvalue weighted by Gasteiger charge is 2.50. The molecule has 2 atom stereocenters. The molecule has 0 saturated heterocycles. The van der Waals surface area contributed by atoms with Gasteiger partial charge in [0.15, 0.2) is 0 Å². The van der Waals surface area contributed by atoms with E-state index in [2.05, 4.69) is 41.5 Å². The predicted molar refractivity (Wildman–Crippen MR) is 66.5 cm³/mol. The minimum absolute atomic E-state index is 0.529. The second-order valence-electron chi connectivity index (χ2n) is 5.73. The summed E-state index contributed by atoms with van der Waals surface area (Å²) in [6.07, 6.45) is 2.83. The quantitative estimate of drug-likeness (QED) is 0.548. The Morgan fingerprint density at radius 3 is 1.64 bits per heavy atom. The molecule has 1 saturated carbocycles. The third-order valence-electron chi connectivity index (χ3n) is 5.07. The molecule has 1 aliphatic carbocycles. The molecular formula is C14H30. The fourth-order valence-electron chi connectivity index (χ4n) is 2.79. The van der Waals surface area contributed by atoms with E-state index in [0.717, 1.165) is 11.8 Å². The molecule has 0 aliphatic heterocycles. The molecule has 0 radical (unpaired) electrons. The summed E-state index contributed by atoms with van der Waals surface area (Å²) in [5.74, 6) is 1.71. The Labute approximate surface area is 91.5 Å². The normalized spacial score (nSPS) is 35.4. The SMILES string of the molecule is CC.CC(C)C1(C)CC[C@H](C)C1(C)C. The zero-order chi connectivity index (χ0) is 11.6. The van der Waals surface area contributed by atoms with Crippen LogP contribution in [0, 0.1) is 22.7 Å². The van der Waals surface area contributed by atoms with Crippen LogP contribution in [0.15, 0.2) is 0 Å². The van der Waals surface area contributed by atoms with E-state index in [4.69, 9.17) is 0 Å². The fraction of sp³-hybridized carbons (Fsp3) is 1.00. The Hall–Kier alpha value is 0. The molecule has 0 heteroatoms. The zero-order valence-corrected chi connectivity index (χ0v) is 11.6. The van der Waals surface area contributed by atoms with Crippen molar-refractivity contribution in [3.8, 4) is 0 Å². The number of hydrogen-bond acceptors (Lipinski definition) is 0. The molecule has 0 aromatic rings. The van der Waals surface area contributed by atoms with Gasteiger partial charge in [0.1, 0.15) is 0 Å². The van der Waals surface area contributed by atoms with Crippen LogP contribution in [0.5, 0.6) is 0 Å². The number of hydrogen-bond donors (Lipinski definition) is 0. The lowest BCUT2D eigenvalue weighted by molar-refractivity contribution is 0.0467. The van der Waals surface area contributed by atoms with E-state index < -0.39 is 0 Å². The molecule has 0 aromatic carbocycles. The Morgan fingerprint density at radius 1 is 1.07 bits per heavy atom. The van der Waals surface area contributed by atoms with E-state index in [9.17, 15) is 0 Å². The van der Waals surface area contributed by atoms with Crippen LogP contribution >= 0.6 is 0 Å². The summed E-state index contributed by atoms with van der Waals surface area (Å²) >= 11 is 0. The third-order valence-corrected chi connectivity index (χ3v) is 5.07. The molecule has 1 fully saturated rings. The van der Waals surface area contributed by atoms with Gasteiger partial charge >= 0.3 is 0 Å². The Balaban J connectivity index is 0.000000791. The zero-order valence-electron chi connectivity index (χ0n) is 11.6. The summed E-state index contributed by atoms with van der Waals surface area (Å²) in [5, 5.41) is 0. The Kier molecular flexibility index (Phi) is 4.68. The smallest absolute Gasteiger partial charge is 0.0249 e. The van der Waals surface area contributed by atoms with Crippen LogP contribution in [0.25, 0.3) is 0 Å². The highest BCUT2D eigenvalue weighted by Crippen LogP contribution is 2.59. The first-order valence-electron chi connectivity index (χ1n) is 6.32. The van der Waals surface area contributed by atoms with E-state index in [1.807, 2.05) is 13.8 Å². The van der Waals surface area contributed by atoms with Crippen molar-refractivity contribution in [2.75, 3.05) is 0 Å². The van der Waals surface area contributed by atoms with E-state index in [-0.39, 0.29) is 0 Å². The van der Waals surface area contributed by atoms with Gasteiger partial charge in [-0.2, -0.15) is 0 Å². The Bertz CT molecular complexity index is 167. The maximum absolute atomic E-state index is 2.47. The Morgan fingerprint density at radius 2 is 1.50 bits per heavy atom. The highest BCUT2D eigenvalue weighted by atomic mass is 14.6. The van der Waals surface area contributed by atoms with Crippen molar-refractivity contribution in [1.29, 1.82) is 0 Å². The third kappa shape index (κ3) is 1.99. The van der Waals surface area contributed by atoms with E-state index in [1.165, 1.54) is 12.8 Å². The maximum atomic E-state index is 2.47. The van der Waals surface area contributed by atoms with Gasteiger partial charge in [-0.05, 0) is 35.5 Å². The summed E-state index contributed by atoms with van der Waals surface area (Å²) in [6, 6.07) is 0. The largest absolute Gasteiger partial charge is 0.0683 e. The van der Waals surface area contributed by atoms with Crippen molar-refractivity contribution in [3.05, 3.63) is 0 Å². The molecule has 0 spiro atoms. The topological polar surface area (TPSA) is 0 Å². The van der Waals surface area contributed by atoms with Crippen LogP contribution in [-0.2, 0) is 0 Å². The van der Waals surface area contributed by atoms with Gasteiger partial charge in [-0.25, -0.2) is 0 Å². The summed E-state index contributed by atoms with van der Waals surface area (Å²) in [6.45, 7) is 18.5. The lowest BCUT2D eigenvalue weighted by Gasteiger charge is -2.44. The lowest BCUT2D eigenvalue weighted by atomic mass is 9.61. The van der Waals surface area contributed by atoms with Crippen LogP contribution < -0.4 is 0 Å². The van der Waals surface area contributed by atoms with Gasteiger partial charge in [-0.1, -0.05) is 55.4 Å². The fourth-order valence-corrected chi connectivity index (χ4v) is 2.79. The van der Waals surface area contributed by atoms with Crippen molar-refractivity contribution in [2.24, 2.45) is 22.7 Å². The molecule has 1 rings (SSSR count). The minimum Gasteiger partial charge on any atom is -0.0683 e. The van der Waals surface area contributed by atoms with Crippen molar-refractivity contribution < 1.29 is 0 Å². The second kappa shape index (κ2) is 4.68. The van der Waals surface area contributed by atoms with Gasteiger partial charge in [-0.3, -0.25) is 0 Å². The summed E-state index contributed by atoms with van der Waals surface area (Å²) in [5.41, 5.74) is 1.09. The molecule has 0 amide bonds. The molecule has 0 heterocycles. The van der Waals surface area contributed by atoms with Crippen LogP contribution in [0.4, 0.5) is 0 Å². The summed E-state index contributed by atoms with van der Waals surface area (Å²) in [7, 11) is 0. The molecule has 14 heavy (non-hydrogen) atoms. The van der Waals surface area contributed by atoms with Crippen molar-refractivity contribution in [2.45, 2.75) is 68.2 Å². The average Bonchev–Trinajstić information content (AvgIpc) is 2.34. The van der Waals surface area contributed by atoms with E-state index in [0.29, 0.717) is 10.8 Å². The van der Waals surface area contributed by atoms with Gasteiger partial charge < -0.3 is 0 Å². The standard InChI is InChI=1S/C12H24.C2H6/c1-9(2)12(6)8-7-10(3)11(12,4)5;1-2/h9-10H,7-8H2,1-6H3;1-2H3/t10-,12?;/m0./s1. The summed E-state index contributed by atoms with van der Waals surface area (Å²) < 4.78 is 0. The van der Waals surface area contributed by atoms with Gasteiger partial charge in [0, 0.05) is 0 Å². The van der Waals surface area contributed by atoms with Crippen molar-refractivity contribution in [1.82, 2.24) is 0 Å². The van der Waals surface area contributed by atoms with Crippen molar-refractivity contribution >= 4 is 0 Å². The van der Waals surface area contributed by atoms with Gasteiger partial charge in [0.25, 0.3) is 0 Å². The van der Waals surface area contributed by atoms with Crippen LogP contribution in [-0.4, -0.2) is 0 Å². The molecule has 0 bridgehead atoms. The first-order chi connectivity index (χ1) is 6.32. The first-order valence-corrected chi connectivity index (χ1v) is 6.32. The van der Waals surface area contributed by atoms with Gasteiger partial charge in [-0.15, -0.1) is 0 Å². The highest BCUT2D eigenvalue weighted by molar-refractivity contribution is 4.99.